The Morgan fingerprint density at radius 2 is 1.57 bits per heavy atom. The fourth-order valence-corrected chi connectivity index (χ4v) is 2.45. The summed E-state index contributed by atoms with van der Waals surface area (Å²) in [6.07, 6.45) is 11.9. The van der Waals surface area contributed by atoms with Crippen LogP contribution in [0.15, 0.2) is 30.3 Å². The summed E-state index contributed by atoms with van der Waals surface area (Å²) in [6, 6.07) is 10.0. The highest BCUT2D eigenvalue weighted by Crippen LogP contribution is 2.12. The van der Waals surface area contributed by atoms with Gasteiger partial charge in [-0.25, -0.2) is 0 Å². The zero-order valence-corrected chi connectivity index (χ0v) is 13.4. The summed E-state index contributed by atoms with van der Waals surface area (Å²) < 4.78 is 5.67. The van der Waals surface area contributed by atoms with E-state index in [1.807, 2.05) is 30.3 Å². The number of benzene rings is 1. The van der Waals surface area contributed by atoms with Crippen LogP contribution in [0.4, 0.5) is 0 Å². The molecule has 0 aliphatic heterocycles. The molecule has 21 heavy (non-hydrogen) atoms. The van der Waals surface area contributed by atoms with Crippen molar-refractivity contribution in [1.29, 1.82) is 0 Å². The topological polar surface area (TPSA) is 26.3 Å². The average Bonchev–Trinajstić information content (AvgIpc) is 2.54. The van der Waals surface area contributed by atoms with Crippen molar-refractivity contribution < 1.29 is 9.53 Å². The maximum atomic E-state index is 11.0. The van der Waals surface area contributed by atoms with Crippen molar-refractivity contribution in [2.75, 3.05) is 0 Å². The lowest BCUT2D eigenvalue weighted by molar-refractivity contribution is -0.119. The van der Waals surface area contributed by atoms with E-state index in [1.165, 1.54) is 44.9 Å². The number of rotatable bonds is 13. The van der Waals surface area contributed by atoms with Gasteiger partial charge in [-0.15, -0.1) is 0 Å². The molecule has 1 aromatic carbocycles. The van der Waals surface area contributed by atoms with Crippen molar-refractivity contribution in [2.45, 2.75) is 77.4 Å². The van der Waals surface area contributed by atoms with Crippen LogP contribution in [0.25, 0.3) is 0 Å². The van der Waals surface area contributed by atoms with Gasteiger partial charge in [-0.3, -0.25) is 0 Å². The lowest BCUT2D eigenvalue weighted by Crippen LogP contribution is -2.14. The van der Waals surface area contributed by atoms with E-state index in [0.717, 1.165) is 24.7 Å². The highest BCUT2D eigenvalue weighted by atomic mass is 16.5. The Bertz CT molecular complexity index is 348. The van der Waals surface area contributed by atoms with E-state index in [-0.39, 0.29) is 6.10 Å². The van der Waals surface area contributed by atoms with E-state index in [9.17, 15) is 4.79 Å². The smallest absolute Gasteiger partial charge is 0.148 e. The molecule has 1 atom stereocenters. The molecule has 1 rings (SSSR count). The van der Waals surface area contributed by atoms with Crippen molar-refractivity contribution in [2.24, 2.45) is 0 Å². The second-order valence-corrected chi connectivity index (χ2v) is 5.73. The predicted octanol–water partition coefficient (Wildman–Crippen LogP) is 5.30. The number of carbonyl (C=O) groups is 1. The first-order chi connectivity index (χ1) is 10.4. The van der Waals surface area contributed by atoms with Crippen LogP contribution < -0.4 is 0 Å². The minimum Gasteiger partial charge on any atom is -0.366 e. The van der Waals surface area contributed by atoms with Crippen LogP contribution in [0.3, 0.4) is 0 Å². The molecule has 0 saturated carbocycles. The number of aldehydes is 1. The molecular weight excluding hydrogens is 260 g/mol. The third-order valence-corrected chi connectivity index (χ3v) is 3.80. The fraction of sp³-hybridized carbons (Fsp3) is 0.632. The van der Waals surface area contributed by atoms with Gasteiger partial charge in [0.05, 0.1) is 6.61 Å². The van der Waals surface area contributed by atoms with E-state index < -0.39 is 0 Å². The number of hydrogen-bond acceptors (Lipinski definition) is 2. The van der Waals surface area contributed by atoms with Gasteiger partial charge in [0.2, 0.25) is 0 Å². The quantitative estimate of drug-likeness (QED) is 0.364. The minimum atomic E-state index is -0.245. The minimum absolute atomic E-state index is 0.245. The monoisotopic (exact) mass is 290 g/mol. The third kappa shape index (κ3) is 9.41. The Balaban J connectivity index is 2.02. The van der Waals surface area contributed by atoms with E-state index >= 15 is 0 Å². The largest absolute Gasteiger partial charge is 0.366 e. The van der Waals surface area contributed by atoms with Crippen LogP contribution >= 0.6 is 0 Å². The first-order valence-electron chi connectivity index (χ1n) is 8.47. The molecule has 0 saturated heterocycles. The molecule has 0 amide bonds. The van der Waals surface area contributed by atoms with Crippen molar-refractivity contribution in [3.63, 3.8) is 0 Å². The van der Waals surface area contributed by atoms with Gasteiger partial charge in [-0.1, -0.05) is 88.6 Å². The molecule has 0 aliphatic rings. The summed E-state index contributed by atoms with van der Waals surface area (Å²) in [5.74, 6) is 0. The van der Waals surface area contributed by atoms with Crippen molar-refractivity contribution in [3.05, 3.63) is 35.9 Å². The maximum absolute atomic E-state index is 11.0. The molecule has 2 heteroatoms. The SMILES string of the molecule is CCCCCCCCCC[C@H](C=O)OCc1ccccc1. The van der Waals surface area contributed by atoms with Crippen LogP contribution in [0.5, 0.6) is 0 Å². The number of unbranched alkanes of at least 4 members (excludes halogenated alkanes) is 7. The van der Waals surface area contributed by atoms with Crippen molar-refractivity contribution >= 4 is 6.29 Å². The highest BCUT2D eigenvalue weighted by Gasteiger charge is 2.07. The molecule has 1 aromatic rings. The lowest BCUT2D eigenvalue weighted by atomic mass is 10.1. The van der Waals surface area contributed by atoms with Gasteiger partial charge >= 0.3 is 0 Å². The second-order valence-electron chi connectivity index (χ2n) is 5.73. The second kappa shape index (κ2) is 12.6. The highest BCUT2D eigenvalue weighted by molar-refractivity contribution is 5.55. The van der Waals surface area contributed by atoms with Crippen LogP contribution in [0.2, 0.25) is 0 Å². The van der Waals surface area contributed by atoms with Gasteiger partial charge in [0.25, 0.3) is 0 Å². The van der Waals surface area contributed by atoms with Gasteiger partial charge in [0, 0.05) is 0 Å². The molecule has 0 radical (unpaired) electrons. The van der Waals surface area contributed by atoms with E-state index in [2.05, 4.69) is 6.92 Å². The molecule has 2 nitrogen and oxygen atoms in total. The Hall–Kier alpha value is -1.15. The first-order valence-corrected chi connectivity index (χ1v) is 8.47. The number of carbonyl (C=O) groups excluding carboxylic acids is 1. The third-order valence-electron chi connectivity index (χ3n) is 3.80. The Kier molecular flexibility index (Phi) is 10.7. The van der Waals surface area contributed by atoms with E-state index in [1.54, 1.807) is 0 Å². The Labute approximate surface area is 129 Å². The molecule has 0 heterocycles. The summed E-state index contributed by atoms with van der Waals surface area (Å²) in [7, 11) is 0. The van der Waals surface area contributed by atoms with E-state index in [0.29, 0.717) is 6.61 Å². The lowest BCUT2D eigenvalue weighted by Gasteiger charge is -2.11. The molecule has 118 valence electrons. The van der Waals surface area contributed by atoms with Gasteiger partial charge in [-0.05, 0) is 12.0 Å². The molecule has 0 fully saturated rings. The van der Waals surface area contributed by atoms with Crippen LogP contribution in [-0.4, -0.2) is 12.4 Å². The summed E-state index contributed by atoms with van der Waals surface area (Å²) in [5.41, 5.74) is 1.13. The van der Waals surface area contributed by atoms with Gasteiger partial charge in [-0.2, -0.15) is 0 Å². The van der Waals surface area contributed by atoms with Crippen molar-refractivity contribution in [3.8, 4) is 0 Å². The summed E-state index contributed by atoms with van der Waals surface area (Å²) in [6.45, 7) is 2.77. The fourth-order valence-electron chi connectivity index (χ4n) is 2.45. The van der Waals surface area contributed by atoms with Crippen LogP contribution in [0, 0.1) is 0 Å². The van der Waals surface area contributed by atoms with Crippen LogP contribution in [-0.2, 0) is 16.1 Å². The Morgan fingerprint density at radius 1 is 0.952 bits per heavy atom. The number of hydrogen-bond donors (Lipinski definition) is 0. The molecule has 0 spiro atoms. The molecular formula is C19H30O2. The number of ether oxygens (including phenoxy) is 1. The molecule has 0 aromatic heterocycles. The zero-order chi connectivity index (χ0) is 15.2. The normalized spacial score (nSPS) is 12.2. The molecule has 0 bridgehead atoms. The summed E-state index contributed by atoms with van der Waals surface area (Å²) in [5, 5.41) is 0. The van der Waals surface area contributed by atoms with Crippen molar-refractivity contribution in [1.82, 2.24) is 0 Å². The molecule has 0 unspecified atom stereocenters. The van der Waals surface area contributed by atoms with Crippen LogP contribution in [0.1, 0.15) is 70.3 Å². The van der Waals surface area contributed by atoms with Gasteiger partial charge < -0.3 is 9.53 Å². The van der Waals surface area contributed by atoms with E-state index in [4.69, 9.17) is 4.74 Å². The summed E-state index contributed by atoms with van der Waals surface area (Å²) >= 11 is 0. The van der Waals surface area contributed by atoms with Gasteiger partial charge in [0.1, 0.15) is 12.4 Å². The predicted molar refractivity (Wildman–Crippen MR) is 88.3 cm³/mol. The average molecular weight is 290 g/mol. The Morgan fingerprint density at radius 3 is 2.19 bits per heavy atom. The van der Waals surface area contributed by atoms with Gasteiger partial charge in [0.15, 0.2) is 0 Å². The maximum Gasteiger partial charge on any atom is 0.148 e. The first kappa shape index (κ1) is 17.9. The zero-order valence-electron chi connectivity index (χ0n) is 13.4. The molecule has 0 N–H and O–H groups in total. The standard InChI is InChI=1S/C19H30O2/c1-2-3-4-5-6-7-8-12-15-19(16-20)21-17-18-13-10-9-11-14-18/h9-11,13-14,16,19H,2-8,12,15,17H2,1H3/t19-/m1/s1. The summed E-state index contributed by atoms with van der Waals surface area (Å²) in [4.78, 5) is 11.0. The molecule has 0 aliphatic carbocycles.